The zero-order valence-electron chi connectivity index (χ0n) is 7.25. The third-order valence-electron chi connectivity index (χ3n) is 1.71. The Balaban J connectivity index is 2.56. The zero-order chi connectivity index (χ0) is 9.52. The summed E-state index contributed by atoms with van der Waals surface area (Å²) in [5, 5.41) is 0. The number of alkyl halides is 2. The van der Waals surface area contributed by atoms with Crippen LogP contribution in [0.5, 0.6) is 0 Å². The number of hydrogen-bond donors (Lipinski definition) is 0. The topological polar surface area (TPSA) is 9.23 Å². The third-order valence-corrected chi connectivity index (χ3v) is 2.14. The van der Waals surface area contributed by atoms with Gasteiger partial charge in [0.15, 0.2) is 0 Å². The van der Waals surface area contributed by atoms with Crippen LogP contribution in [0.25, 0.3) is 0 Å². The average molecular weight is 219 g/mol. The molecule has 0 aliphatic heterocycles. The van der Waals surface area contributed by atoms with Gasteiger partial charge in [0, 0.05) is 5.88 Å². The van der Waals surface area contributed by atoms with E-state index >= 15 is 0 Å². The van der Waals surface area contributed by atoms with E-state index in [2.05, 4.69) is 0 Å². The molecule has 13 heavy (non-hydrogen) atoms. The molecule has 0 heterocycles. The summed E-state index contributed by atoms with van der Waals surface area (Å²) in [5.74, 6) is 0.959. The van der Waals surface area contributed by atoms with Crippen molar-refractivity contribution >= 4 is 23.2 Å². The van der Waals surface area contributed by atoms with Crippen LogP contribution in [0.4, 0.5) is 0 Å². The van der Waals surface area contributed by atoms with Gasteiger partial charge in [0.1, 0.15) is 0 Å². The summed E-state index contributed by atoms with van der Waals surface area (Å²) in [7, 11) is 0. The van der Waals surface area contributed by atoms with Gasteiger partial charge in [-0.3, -0.25) is 0 Å². The van der Waals surface area contributed by atoms with Gasteiger partial charge >= 0.3 is 0 Å². The van der Waals surface area contributed by atoms with Gasteiger partial charge in [-0.2, -0.15) is 0 Å². The molecule has 0 aliphatic carbocycles. The predicted molar refractivity (Wildman–Crippen MR) is 56.6 cm³/mol. The summed E-state index contributed by atoms with van der Waals surface area (Å²) in [6, 6.07) is 9.91. The molecule has 0 saturated heterocycles. The van der Waals surface area contributed by atoms with Gasteiger partial charge in [0.25, 0.3) is 0 Å². The molecule has 1 aromatic rings. The smallest absolute Gasteiger partial charge is 0.0960 e. The SMILES string of the molecule is ClCCOC(CCl)c1ccccc1. The molecule has 1 atom stereocenters. The van der Waals surface area contributed by atoms with Crippen molar-refractivity contribution in [1.82, 2.24) is 0 Å². The van der Waals surface area contributed by atoms with Crippen molar-refractivity contribution in [2.45, 2.75) is 6.10 Å². The van der Waals surface area contributed by atoms with Crippen LogP contribution in [0.3, 0.4) is 0 Å². The molecule has 0 fully saturated rings. The van der Waals surface area contributed by atoms with Crippen molar-refractivity contribution in [3.05, 3.63) is 35.9 Å². The van der Waals surface area contributed by atoms with Crippen LogP contribution in [0.2, 0.25) is 0 Å². The molecule has 1 rings (SSSR count). The second-order valence-corrected chi connectivity index (χ2v) is 3.30. The summed E-state index contributed by atoms with van der Waals surface area (Å²) in [4.78, 5) is 0. The summed E-state index contributed by atoms with van der Waals surface area (Å²) in [6.07, 6.45) is -0.0402. The Morgan fingerprint density at radius 1 is 1.15 bits per heavy atom. The first-order chi connectivity index (χ1) is 6.38. The fourth-order valence-corrected chi connectivity index (χ4v) is 1.44. The van der Waals surface area contributed by atoms with Crippen LogP contribution in [0.1, 0.15) is 11.7 Å². The van der Waals surface area contributed by atoms with E-state index in [9.17, 15) is 0 Å². The molecule has 1 unspecified atom stereocenters. The van der Waals surface area contributed by atoms with Gasteiger partial charge < -0.3 is 4.74 Å². The minimum absolute atomic E-state index is 0.0402. The molecular weight excluding hydrogens is 207 g/mol. The molecule has 0 bridgehead atoms. The number of benzene rings is 1. The van der Waals surface area contributed by atoms with Crippen molar-refractivity contribution in [3.8, 4) is 0 Å². The Morgan fingerprint density at radius 3 is 2.38 bits per heavy atom. The second-order valence-electron chi connectivity index (χ2n) is 2.61. The maximum absolute atomic E-state index is 5.77. The first kappa shape index (κ1) is 10.8. The van der Waals surface area contributed by atoms with Gasteiger partial charge in [-0.25, -0.2) is 0 Å². The predicted octanol–water partition coefficient (Wildman–Crippen LogP) is 3.22. The van der Waals surface area contributed by atoms with Crippen LogP contribution in [0.15, 0.2) is 30.3 Å². The lowest BCUT2D eigenvalue weighted by molar-refractivity contribution is 0.0803. The fourth-order valence-electron chi connectivity index (χ4n) is 1.08. The molecule has 1 nitrogen and oxygen atoms in total. The van der Waals surface area contributed by atoms with E-state index in [4.69, 9.17) is 27.9 Å². The molecule has 0 radical (unpaired) electrons. The lowest BCUT2D eigenvalue weighted by Crippen LogP contribution is -2.07. The quantitative estimate of drug-likeness (QED) is 0.691. The molecule has 0 aliphatic rings. The average Bonchev–Trinajstić information content (AvgIpc) is 2.21. The molecule has 0 spiro atoms. The minimum atomic E-state index is -0.0402. The molecular formula is C10H12Cl2O. The van der Waals surface area contributed by atoms with Crippen molar-refractivity contribution in [2.24, 2.45) is 0 Å². The number of hydrogen-bond acceptors (Lipinski definition) is 1. The van der Waals surface area contributed by atoms with Crippen LogP contribution in [-0.4, -0.2) is 18.4 Å². The summed E-state index contributed by atoms with van der Waals surface area (Å²) < 4.78 is 5.46. The van der Waals surface area contributed by atoms with E-state index in [0.717, 1.165) is 5.56 Å². The largest absolute Gasteiger partial charge is 0.371 e. The normalized spacial score (nSPS) is 12.8. The van der Waals surface area contributed by atoms with Gasteiger partial charge in [0.05, 0.1) is 18.6 Å². The maximum atomic E-state index is 5.77. The Labute approximate surface area is 88.6 Å². The molecule has 3 heteroatoms. The van der Waals surface area contributed by atoms with Crippen molar-refractivity contribution < 1.29 is 4.74 Å². The number of ether oxygens (including phenoxy) is 1. The van der Waals surface area contributed by atoms with E-state index in [0.29, 0.717) is 18.4 Å². The summed E-state index contributed by atoms with van der Waals surface area (Å²) in [5.41, 5.74) is 1.10. The fraction of sp³-hybridized carbons (Fsp3) is 0.400. The van der Waals surface area contributed by atoms with Gasteiger partial charge in [-0.05, 0) is 5.56 Å². The minimum Gasteiger partial charge on any atom is -0.371 e. The van der Waals surface area contributed by atoms with Crippen molar-refractivity contribution in [2.75, 3.05) is 18.4 Å². The van der Waals surface area contributed by atoms with E-state index in [1.165, 1.54) is 0 Å². The van der Waals surface area contributed by atoms with E-state index < -0.39 is 0 Å². The van der Waals surface area contributed by atoms with Crippen LogP contribution in [0, 0.1) is 0 Å². The number of halogens is 2. The highest BCUT2D eigenvalue weighted by Crippen LogP contribution is 2.18. The Morgan fingerprint density at radius 2 is 1.85 bits per heavy atom. The molecule has 0 saturated carbocycles. The van der Waals surface area contributed by atoms with Gasteiger partial charge in [-0.15, -0.1) is 23.2 Å². The molecule has 0 amide bonds. The van der Waals surface area contributed by atoms with Crippen LogP contribution < -0.4 is 0 Å². The number of rotatable bonds is 5. The monoisotopic (exact) mass is 218 g/mol. The Hall–Kier alpha value is -0.240. The summed E-state index contributed by atoms with van der Waals surface area (Å²) >= 11 is 11.3. The van der Waals surface area contributed by atoms with Gasteiger partial charge in [0.2, 0.25) is 0 Å². The zero-order valence-corrected chi connectivity index (χ0v) is 8.76. The van der Waals surface area contributed by atoms with E-state index in [-0.39, 0.29) is 6.10 Å². The van der Waals surface area contributed by atoms with E-state index in [1.807, 2.05) is 30.3 Å². The first-order valence-electron chi connectivity index (χ1n) is 4.17. The lowest BCUT2D eigenvalue weighted by atomic mass is 10.1. The third kappa shape index (κ3) is 3.55. The summed E-state index contributed by atoms with van der Waals surface area (Å²) in [6.45, 7) is 0.536. The van der Waals surface area contributed by atoms with Gasteiger partial charge in [-0.1, -0.05) is 30.3 Å². The van der Waals surface area contributed by atoms with Crippen LogP contribution >= 0.6 is 23.2 Å². The second kappa shape index (κ2) is 6.25. The Kier molecular flexibility index (Phi) is 5.21. The maximum Gasteiger partial charge on any atom is 0.0960 e. The van der Waals surface area contributed by atoms with Crippen LogP contribution in [-0.2, 0) is 4.74 Å². The standard InChI is InChI=1S/C10H12Cl2O/c11-6-7-13-10(8-12)9-4-2-1-3-5-9/h1-5,10H,6-8H2. The highest BCUT2D eigenvalue weighted by molar-refractivity contribution is 6.18. The van der Waals surface area contributed by atoms with Crippen molar-refractivity contribution in [1.29, 1.82) is 0 Å². The molecule has 0 aromatic heterocycles. The van der Waals surface area contributed by atoms with E-state index in [1.54, 1.807) is 0 Å². The molecule has 1 aromatic carbocycles. The Bertz CT molecular complexity index is 226. The highest BCUT2D eigenvalue weighted by atomic mass is 35.5. The lowest BCUT2D eigenvalue weighted by Gasteiger charge is -2.14. The first-order valence-corrected chi connectivity index (χ1v) is 5.24. The highest BCUT2D eigenvalue weighted by Gasteiger charge is 2.08. The molecule has 72 valence electrons. The molecule has 0 N–H and O–H groups in total. The van der Waals surface area contributed by atoms with Crippen molar-refractivity contribution in [3.63, 3.8) is 0 Å².